The average Bonchev–Trinajstić information content (AvgIpc) is 2.37. The highest BCUT2D eigenvalue weighted by molar-refractivity contribution is 6.30. The molecule has 0 fully saturated rings. The predicted molar refractivity (Wildman–Crippen MR) is 85.3 cm³/mol. The van der Waals surface area contributed by atoms with Gasteiger partial charge in [0.15, 0.2) is 0 Å². The van der Waals surface area contributed by atoms with E-state index >= 15 is 0 Å². The molecule has 106 valence electrons. The topological polar surface area (TPSA) is 35.2 Å². The number of anilines is 1. The Labute approximate surface area is 125 Å². The van der Waals surface area contributed by atoms with Crippen LogP contribution in [0.15, 0.2) is 42.5 Å². The van der Waals surface area contributed by atoms with Crippen molar-refractivity contribution in [1.29, 1.82) is 0 Å². The van der Waals surface area contributed by atoms with E-state index in [9.17, 15) is 0 Å². The van der Waals surface area contributed by atoms with Gasteiger partial charge < -0.3 is 10.5 Å². The van der Waals surface area contributed by atoms with E-state index in [-0.39, 0.29) is 5.41 Å². The second kappa shape index (κ2) is 5.76. The standard InChI is InChI=1S/C17H20ClNO/c1-17(2,3)13-5-4-6-15(9-13)20-11-12-7-8-14(18)10-16(12)19/h4-10H,11,19H2,1-3H3. The first-order valence-corrected chi connectivity index (χ1v) is 7.01. The molecule has 0 saturated heterocycles. The lowest BCUT2D eigenvalue weighted by Crippen LogP contribution is -2.11. The van der Waals surface area contributed by atoms with Crippen LogP contribution < -0.4 is 10.5 Å². The molecule has 0 radical (unpaired) electrons. The Kier molecular flexibility index (Phi) is 4.24. The van der Waals surface area contributed by atoms with Gasteiger partial charge in [0, 0.05) is 16.3 Å². The highest BCUT2D eigenvalue weighted by Crippen LogP contribution is 2.26. The molecule has 0 heterocycles. The summed E-state index contributed by atoms with van der Waals surface area (Å²) in [5, 5.41) is 0.640. The van der Waals surface area contributed by atoms with Crippen molar-refractivity contribution in [2.24, 2.45) is 0 Å². The van der Waals surface area contributed by atoms with Crippen LogP contribution in [0.1, 0.15) is 31.9 Å². The minimum absolute atomic E-state index is 0.110. The Hall–Kier alpha value is -1.67. The molecule has 3 heteroatoms. The van der Waals surface area contributed by atoms with Gasteiger partial charge >= 0.3 is 0 Å². The van der Waals surface area contributed by atoms with Crippen LogP contribution in [0.5, 0.6) is 5.75 Å². The molecule has 2 rings (SSSR count). The Balaban J connectivity index is 2.11. The van der Waals surface area contributed by atoms with Crippen molar-refractivity contribution in [3.05, 3.63) is 58.6 Å². The van der Waals surface area contributed by atoms with Gasteiger partial charge in [0.05, 0.1) is 0 Å². The molecule has 2 nitrogen and oxygen atoms in total. The number of rotatable bonds is 3. The van der Waals surface area contributed by atoms with Crippen molar-refractivity contribution >= 4 is 17.3 Å². The molecule has 0 aromatic heterocycles. The molecule has 0 unspecified atom stereocenters. The minimum Gasteiger partial charge on any atom is -0.489 e. The lowest BCUT2D eigenvalue weighted by molar-refractivity contribution is 0.306. The Morgan fingerprint density at radius 1 is 1.10 bits per heavy atom. The van der Waals surface area contributed by atoms with E-state index in [0.717, 1.165) is 11.3 Å². The van der Waals surface area contributed by atoms with Crippen LogP contribution in [0, 0.1) is 0 Å². The summed E-state index contributed by atoms with van der Waals surface area (Å²) < 4.78 is 5.83. The third kappa shape index (κ3) is 3.67. The maximum Gasteiger partial charge on any atom is 0.120 e. The maximum absolute atomic E-state index is 5.92. The van der Waals surface area contributed by atoms with Crippen molar-refractivity contribution in [1.82, 2.24) is 0 Å². The van der Waals surface area contributed by atoms with Crippen LogP contribution in [0.3, 0.4) is 0 Å². The Bertz CT molecular complexity index is 602. The first-order valence-electron chi connectivity index (χ1n) is 6.63. The fourth-order valence-corrected chi connectivity index (χ4v) is 2.09. The number of hydrogen-bond donors (Lipinski definition) is 1. The lowest BCUT2D eigenvalue weighted by atomic mass is 9.87. The van der Waals surface area contributed by atoms with E-state index in [1.165, 1.54) is 5.56 Å². The fraction of sp³-hybridized carbons (Fsp3) is 0.294. The zero-order valence-corrected chi connectivity index (χ0v) is 12.9. The first-order chi connectivity index (χ1) is 9.36. The quantitative estimate of drug-likeness (QED) is 0.824. The summed E-state index contributed by atoms with van der Waals surface area (Å²) in [7, 11) is 0. The number of ether oxygens (including phenoxy) is 1. The van der Waals surface area contributed by atoms with Crippen molar-refractivity contribution < 1.29 is 4.74 Å². The van der Waals surface area contributed by atoms with Gasteiger partial charge in [-0.05, 0) is 35.2 Å². The highest BCUT2D eigenvalue weighted by atomic mass is 35.5. The van der Waals surface area contributed by atoms with Crippen LogP contribution in [0.4, 0.5) is 5.69 Å². The van der Waals surface area contributed by atoms with Crippen molar-refractivity contribution in [2.75, 3.05) is 5.73 Å². The molecule has 2 aromatic rings. The van der Waals surface area contributed by atoms with Crippen LogP contribution in [0.2, 0.25) is 5.02 Å². The van der Waals surface area contributed by atoms with Crippen LogP contribution in [-0.2, 0) is 12.0 Å². The summed E-state index contributed by atoms with van der Waals surface area (Å²) in [5.74, 6) is 0.853. The summed E-state index contributed by atoms with van der Waals surface area (Å²) in [6.07, 6.45) is 0. The molecule has 0 amide bonds. The Morgan fingerprint density at radius 2 is 1.85 bits per heavy atom. The van der Waals surface area contributed by atoms with Gasteiger partial charge in [0.25, 0.3) is 0 Å². The molecular formula is C17H20ClNO. The summed E-state index contributed by atoms with van der Waals surface area (Å²) in [4.78, 5) is 0. The average molecular weight is 290 g/mol. The van der Waals surface area contributed by atoms with E-state index in [2.05, 4.69) is 32.9 Å². The van der Waals surface area contributed by atoms with Gasteiger partial charge in [-0.25, -0.2) is 0 Å². The largest absolute Gasteiger partial charge is 0.489 e. The molecule has 0 aliphatic rings. The predicted octanol–water partition coefficient (Wildman–Crippen LogP) is 4.80. The zero-order valence-electron chi connectivity index (χ0n) is 12.1. The molecule has 0 aliphatic heterocycles. The third-order valence-corrected chi connectivity index (χ3v) is 3.44. The molecule has 0 aliphatic carbocycles. The normalized spacial score (nSPS) is 11.4. The monoisotopic (exact) mass is 289 g/mol. The number of nitrogens with two attached hydrogens (primary N) is 1. The van der Waals surface area contributed by atoms with Gasteiger partial charge in [-0.2, -0.15) is 0 Å². The summed E-state index contributed by atoms with van der Waals surface area (Å²) in [6, 6.07) is 13.6. The van der Waals surface area contributed by atoms with Gasteiger partial charge in [0.2, 0.25) is 0 Å². The van der Waals surface area contributed by atoms with Crippen LogP contribution >= 0.6 is 11.6 Å². The molecule has 0 atom stereocenters. The number of hydrogen-bond acceptors (Lipinski definition) is 2. The number of halogens is 1. The highest BCUT2D eigenvalue weighted by Gasteiger charge is 2.14. The van der Waals surface area contributed by atoms with Crippen LogP contribution in [-0.4, -0.2) is 0 Å². The maximum atomic E-state index is 5.92. The molecule has 20 heavy (non-hydrogen) atoms. The van der Waals surface area contributed by atoms with E-state index in [1.54, 1.807) is 6.07 Å². The molecule has 2 N–H and O–H groups in total. The van der Waals surface area contributed by atoms with Gasteiger partial charge in [-0.15, -0.1) is 0 Å². The van der Waals surface area contributed by atoms with E-state index in [4.69, 9.17) is 22.1 Å². The molecule has 2 aromatic carbocycles. The summed E-state index contributed by atoms with van der Waals surface area (Å²) in [5.41, 5.74) is 8.88. The zero-order chi connectivity index (χ0) is 14.8. The second-order valence-corrected chi connectivity index (χ2v) is 6.35. The summed E-state index contributed by atoms with van der Waals surface area (Å²) in [6.45, 7) is 6.99. The van der Waals surface area contributed by atoms with E-state index in [1.807, 2.05) is 24.3 Å². The smallest absolute Gasteiger partial charge is 0.120 e. The third-order valence-electron chi connectivity index (χ3n) is 3.20. The van der Waals surface area contributed by atoms with Gasteiger partial charge in [0.1, 0.15) is 12.4 Å². The number of benzene rings is 2. The molecular weight excluding hydrogens is 270 g/mol. The van der Waals surface area contributed by atoms with Crippen LogP contribution in [0.25, 0.3) is 0 Å². The van der Waals surface area contributed by atoms with E-state index in [0.29, 0.717) is 17.3 Å². The Morgan fingerprint density at radius 3 is 2.50 bits per heavy atom. The lowest BCUT2D eigenvalue weighted by Gasteiger charge is -2.20. The van der Waals surface area contributed by atoms with Gasteiger partial charge in [-0.3, -0.25) is 0 Å². The second-order valence-electron chi connectivity index (χ2n) is 5.91. The summed E-state index contributed by atoms with van der Waals surface area (Å²) >= 11 is 5.88. The number of nitrogen functional groups attached to an aromatic ring is 1. The molecule has 0 bridgehead atoms. The van der Waals surface area contributed by atoms with Gasteiger partial charge in [-0.1, -0.05) is 50.6 Å². The molecule has 0 spiro atoms. The first kappa shape index (κ1) is 14.7. The molecule has 0 saturated carbocycles. The van der Waals surface area contributed by atoms with Crippen molar-refractivity contribution in [3.8, 4) is 5.75 Å². The minimum atomic E-state index is 0.110. The van der Waals surface area contributed by atoms with Crippen molar-refractivity contribution in [2.45, 2.75) is 32.8 Å². The van der Waals surface area contributed by atoms with E-state index < -0.39 is 0 Å². The van der Waals surface area contributed by atoms with Crippen molar-refractivity contribution in [3.63, 3.8) is 0 Å². The SMILES string of the molecule is CC(C)(C)c1cccc(OCc2ccc(Cl)cc2N)c1. The fourth-order valence-electron chi connectivity index (χ4n) is 1.91.